The van der Waals surface area contributed by atoms with Crippen molar-refractivity contribution in [2.24, 2.45) is 11.8 Å². The van der Waals surface area contributed by atoms with Gasteiger partial charge < -0.3 is 0 Å². The molecule has 0 heteroatoms. The molecule has 0 saturated carbocycles. The minimum Gasteiger partial charge on any atom is -0.0842 e. The summed E-state index contributed by atoms with van der Waals surface area (Å²) >= 11 is 0. The van der Waals surface area contributed by atoms with Crippen molar-refractivity contribution in [2.45, 2.75) is 33.1 Å². The van der Waals surface area contributed by atoms with Gasteiger partial charge in [-0.15, -0.1) is 0 Å². The van der Waals surface area contributed by atoms with E-state index in [1.165, 1.54) is 19.3 Å². The lowest BCUT2D eigenvalue weighted by Gasteiger charge is -2.30. The van der Waals surface area contributed by atoms with Crippen molar-refractivity contribution < 1.29 is 0 Å². The van der Waals surface area contributed by atoms with Gasteiger partial charge in [-0.2, -0.15) is 0 Å². The van der Waals surface area contributed by atoms with E-state index in [9.17, 15) is 0 Å². The lowest BCUT2D eigenvalue weighted by Crippen LogP contribution is -2.23. The summed E-state index contributed by atoms with van der Waals surface area (Å²) in [5, 5.41) is 0. The van der Waals surface area contributed by atoms with Crippen LogP contribution >= 0.6 is 0 Å². The molecule has 0 aromatic heterocycles. The lowest BCUT2D eigenvalue weighted by atomic mass is 9.75. The second-order valence-corrected chi connectivity index (χ2v) is 4.65. The molecule has 0 amide bonds. The average molecular weight is 226 g/mol. The normalized spacial score (nSPS) is 25.1. The summed E-state index contributed by atoms with van der Waals surface area (Å²) in [6.07, 6.45) is 12.9. The number of fused-ring (bicyclic) bond motifs is 2. The molecular formula is C17H22. The SMILES string of the molecule is C1=CC[C@@H]2Cc3ccccc3CC2C=C1.CC. The van der Waals surface area contributed by atoms with Crippen molar-refractivity contribution in [3.05, 3.63) is 59.7 Å². The highest BCUT2D eigenvalue weighted by atomic mass is 14.3. The third kappa shape index (κ3) is 2.69. The Labute approximate surface area is 105 Å². The lowest BCUT2D eigenvalue weighted by molar-refractivity contribution is 0.373. The van der Waals surface area contributed by atoms with Gasteiger partial charge in [-0.05, 0) is 42.2 Å². The van der Waals surface area contributed by atoms with Crippen LogP contribution in [-0.2, 0) is 12.8 Å². The zero-order valence-corrected chi connectivity index (χ0v) is 10.9. The third-order valence-corrected chi connectivity index (χ3v) is 3.71. The topological polar surface area (TPSA) is 0 Å². The molecule has 0 aliphatic heterocycles. The largest absolute Gasteiger partial charge is 0.0842 e. The molecule has 0 N–H and O–H groups in total. The molecule has 1 aromatic carbocycles. The molecule has 0 fully saturated rings. The fraction of sp³-hybridized carbons (Fsp3) is 0.412. The highest BCUT2D eigenvalue weighted by Crippen LogP contribution is 2.34. The van der Waals surface area contributed by atoms with Gasteiger partial charge in [-0.3, -0.25) is 0 Å². The summed E-state index contributed by atoms with van der Waals surface area (Å²) in [6.45, 7) is 4.00. The van der Waals surface area contributed by atoms with Crippen LogP contribution in [-0.4, -0.2) is 0 Å². The first kappa shape index (κ1) is 12.2. The number of hydrogen-bond acceptors (Lipinski definition) is 0. The van der Waals surface area contributed by atoms with E-state index in [1.807, 2.05) is 13.8 Å². The maximum atomic E-state index is 2.39. The molecule has 0 nitrogen and oxygen atoms in total. The van der Waals surface area contributed by atoms with Crippen LogP contribution in [0.5, 0.6) is 0 Å². The van der Waals surface area contributed by atoms with E-state index in [0.717, 1.165) is 11.8 Å². The first-order chi connectivity index (χ1) is 8.43. The van der Waals surface area contributed by atoms with E-state index in [4.69, 9.17) is 0 Å². The summed E-state index contributed by atoms with van der Waals surface area (Å²) in [7, 11) is 0. The first-order valence-corrected chi connectivity index (χ1v) is 6.83. The summed E-state index contributed by atoms with van der Waals surface area (Å²) in [4.78, 5) is 0. The Kier molecular flexibility index (Phi) is 4.19. The van der Waals surface area contributed by atoms with E-state index >= 15 is 0 Å². The van der Waals surface area contributed by atoms with Crippen LogP contribution in [0.15, 0.2) is 48.6 Å². The van der Waals surface area contributed by atoms with Gasteiger partial charge >= 0.3 is 0 Å². The molecule has 0 saturated heterocycles. The summed E-state index contributed by atoms with van der Waals surface area (Å²) in [5.41, 5.74) is 3.13. The van der Waals surface area contributed by atoms with Gasteiger partial charge in [0.2, 0.25) is 0 Å². The van der Waals surface area contributed by atoms with Crippen molar-refractivity contribution in [2.75, 3.05) is 0 Å². The molecule has 2 atom stereocenters. The molecule has 2 aliphatic rings. The van der Waals surface area contributed by atoms with Crippen LogP contribution in [0.25, 0.3) is 0 Å². The van der Waals surface area contributed by atoms with Crippen molar-refractivity contribution in [1.82, 2.24) is 0 Å². The van der Waals surface area contributed by atoms with Crippen LogP contribution in [0.1, 0.15) is 31.4 Å². The van der Waals surface area contributed by atoms with Gasteiger partial charge in [0, 0.05) is 0 Å². The number of hydrogen-bond donors (Lipinski definition) is 0. The van der Waals surface area contributed by atoms with Crippen molar-refractivity contribution in [1.29, 1.82) is 0 Å². The number of rotatable bonds is 0. The van der Waals surface area contributed by atoms with E-state index in [1.54, 1.807) is 11.1 Å². The highest BCUT2D eigenvalue weighted by molar-refractivity contribution is 5.32. The Hall–Kier alpha value is -1.30. The third-order valence-electron chi connectivity index (χ3n) is 3.71. The van der Waals surface area contributed by atoms with Gasteiger partial charge in [0.05, 0.1) is 0 Å². The van der Waals surface area contributed by atoms with E-state index in [0.29, 0.717) is 0 Å². The standard InChI is InChI=1S/C15H16.C2H6/c1-2-6-12-10-14-8-4-5-9-15(14)11-13(12)7-3-1;1-2/h1-6,8-9,12-13H,7,10-11H2;1-2H3/t12?,13-;/m1./s1. The fourth-order valence-corrected chi connectivity index (χ4v) is 2.83. The molecular weight excluding hydrogens is 204 g/mol. The molecule has 3 rings (SSSR count). The van der Waals surface area contributed by atoms with E-state index in [-0.39, 0.29) is 0 Å². The van der Waals surface area contributed by atoms with Crippen LogP contribution in [0.3, 0.4) is 0 Å². The molecule has 0 heterocycles. The Morgan fingerprint density at radius 2 is 1.65 bits per heavy atom. The van der Waals surface area contributed by atoms with Crippen LogP contribution in [0.4, 0.5) is 0 Å². The predicted molar refractivity (Wildman–Crippen MR) is 75.1 cm³/mol. The zero-order valence-electron chi connectivity index (χ0n) is 10.9. The highest BCUT2D eigenvalue weighted by Gasteiger charge is 2.25. The number of allylic oxidation sites excluding steroid dienone is 4. The molecule has 2 aliphatic carbocycles. The maximum absolute atomic E-state index is 2.39. The van der Waals surface area contributed by atoms with Crippen LogP contribution in [0, 0.1) is 11.8 Å². The average Bonchev–Trinajstić information content (AvgIpc) is 2.63. The van der Waals surface area contributed by atoms with E-state index in [2.05, 4.69) is 48.6 Å². The molecule has 0 radical (unpaired) electrons. The van der Waals surface area contributed by atoms with Gasteiger partial charge in [0.15, 0.2) is 0 Å². The molecule has 0 spiro atoms. The maximum Gasteiger partial charge on any atom is -0.0155 e. The molecule has 90 valence electrons. The predicted octanol–water partition coefficient (Wildman–Crippen LogP) is 4.56. The Bertz CT molecular complexity index is 412. The van der Waals surface area contributed by atoms with Crippen molar-refractivity contribution in [3.63, 3.8) is 0 Å². The zero-order chi connectivity index (χ0) is 12.1. The first-order valence-electron chi connectivity index (χ1n) is 6.83. The Morgan fingerprint density at radius 3 is 2.41 bits per heavy atom. The van der Waals surface area contributed by atoms with Crippen LogP contribution < -0.4 is 0 Å². The molecule has 1 aromatic rings. The minimum absolute atomic E-state index is 0.759. The van der Waals surface area contributed by atoms with Gasteiger partial charge in [0.1, 0.15) is 0 Å². The molecule has 17 heavy (non-hydrogen) atoms. The Balaban J connectivity index is 0.000000514. The summed E-state index contributed by atoms with van der Waals surface area (Å²) in [6, 6.07) is 8.92. The second kappa shape index (κ2) is 5.86. The van der Waals surface area contributed by atoms with Crippen molar-refractivity contribution >= 4 is 0 Å². The van der Waals surface area contributed by atoms with Gasteiger partial charge in [-0.25, -0.2) is 0 Å². The molecule has 0 bridgehead atoms. The minimum atomic E-state index is 0.759. The summed E-state index contributed by atoms with van der Waals surface area (Å²) in [5.74, 6) is 1.59. The van der Waals surface area contributed by atoms with Gasteiger partial charge in [0.25, 0.3) is 0 Å². The number of benzene rings is 1. The molecule has 1 unspecified atom stereocenters. The fourth-order valence-electron chi connectivity index (χ4n) is 2.83. The monoisotopic (exact) mass is 226 g/mol. The van der Waals surface area contributed by atoms with Crippen LogP contribution in [0.2, 0.25) is 0 Å². The summed E-state index contributed by atoms with van der Waals surface area (Å²) < 4.78 is 0. The Morgan fingerprint density at radius 1 is 0.941 bits per heavy atom. The van der Waals surface area contributed by atoms with E-state index < -0.39 is 0 Å². The van der Waals surface area contributed by atoms with Gasteiger partial charge in [-0.1, -0.05) is 62.4 Å². The smallest absolute Gasteiger partial charge is 0.0155 e. The second-order valence-electron chi connectivity index (χ2n) is 4.65. The van der Waals surface area contributed by atoms with Crippen molar-refractivity contribution in [3.8, 4) is 0 Å². The quantitative estimate of drug-likeness (QED) is 0.608.